The lowest BCUT2D eigenvalue weighted by Gasteiger charge is -2.34. The molecule has 1 aliphatic heterocycles. The Morgan fingerprint density at radius 3 is 2.75 bits per heavy atom. The fourth-order valence-electron chi connectivity index (χ4n) is 2.45. The van der Waals surface area contributed by atoms with Gasteiger partial charge in [-0.15, -0.1) is 0 Å². The number of hydrogen-bond donors (Lipinski definition) is 2. The maximum absolute atomic E-state index is 12.4. The van der Waals surface area contributed by atoms with Gasteiger partial charge < -0.3 is 15.7 Å². The molecule has 1 saturated heterocycles. The number of para-hydroxylation sites is 1. The number of nitrogens with two attached hydrogens (primary N) is 1. The van der Waals surface area contributed by atoms with Crippen molar-refractivity contribution in [3.8, 4) is 0 Å². The zero-order valence-electron chi connectivity index (χ0n) is 11.5. The molecule has 1 fully saturated rings. The minimum Gasteiger partial charge on any atom is -0.478 e. The first kappa shape index (κ1) is 14.3. The van der Waals surface area contributed by atoms with Crippen LogP contribution >= 0.6 is 0 Å². The summed E-state index contributed by atoms with van der Waals surface area (Å²) in [5, 5.41) is 9.18. The van der Waals surface area contributed by atoms with Crippen molar-refractivity contribution in [3.63, 3.8) is 0 Å². The molecular formula is C14H19N3O3. The van der Waals surface area contributed by atoms with Crippen molar-refractivity contribution in [2.75, 3.05) is 25.0 Å². The maximum Gasteiger partial charge on any atom is 0.337 e. The molecule has 1 aliphatic rings. The fourth-order valence-corrected chi connectivity index (χ4v) is 2.45. The minimum absolute atomic E-state index is 0.00387. The first-order valence-corrected chi connectivity index (χ1v) is 6.61. The number of rotatable bonds is 2. The highest BCUT2D eigenvalue weighted by molar-refractivity contribution is 6.01. The van der Waals surface area contributed by atoms with Crippen LogP contribution < -0.4 is 10.6 Å². The standard InChI is InChI=1S/C14H19N3O3/c1-16(12-7-3-2-6-11(12)13(18)19)14(20)17-8-4-5-10(15)9-17/h2-3,6-7,10H,4-5,8-9,15H2,1H3,(H,18,19). The van der Waals surface area contributed by atoms with E-state index in [9.17, 15) is 14.7 Å². The van der Waals surface area contributed by atoms with Crippen molar-refractivity contribution in [2.24, 2.45) is 5.73 Å². The van der Waals surface area contributed by atoms with E-state index in [4.69, 9.17) is 5.73 Å². The molecule has 20 heavy (non-hydrogen) atoms. The Morgan fingerprint density at radius 1 is 1.40 bits per heavy atom. The van der Waals surface area contributed by atoms with Crippen LogP contribution in [0.15, 0.2) is 24.3 Å². The zero-order valence-corrected chi connectivity index (χ0v) is 11.5. The summed E-state index contributed by atoms with van der Waals surface area (Å²) in [6, 6.07) is 6.26. The Morgan fingerprint density at radius 2 is 2.10 bits per heavy atom. The lowest BCUT2D eigenvalue weighted by molar-refractivity contribution is 0.0697. The first-order valence-electron chi connectivity index (χ1n) is 6.61. The third kappa shape index (κ3) is 2.91. The molecule has 0 radical (unpaired) electrons. The molecule has 0 bridgehead atoms. The van der Waals surface area contributed by atoms with E-state index in [-0.39, 0.29) is 17.6 Å². The number of aromatic carboxylic acids is 1. The van der Waals surface area contributed by atoms with Gasteiger partial charge >= 0.3 is 12.0 Å². The van der Waals surface area contributed by atoms with Gasteiger partial charge in [0.15, 0.2) is 0 Å². The van der Waals surface area contributed by atoms with E-state index in [0.717, 1.165) is 12.8 Å². The second-order valence-corrected chi connectivity index (χ2v) is 5.01. The van der Waals surface area contributed by atoms with Crippen LogP contribution in [0.1, 0.15) is 23.2 Å². The number of anilines is 1. The van der Waals surface area contributed by atoms with Crippen molar-refractivity contribution in [1.29, 1.82) is 0 Å². The van der Waals surface area contributed by atoms with Gasteiger partial charge in [-0.05, 0) is 25.0 Å². The Labute approximate surface area is 117 Å². The summed E-state index contributed by atoms with van der Waals surface area (Å²) in [5.74, 6) is -1.05. The normalized spacial score (nSPS) is 18.7. The van der Waals surface area contributed by atoms with Crippen LogP contribution in [0.4, 0.5) is 10.5 Å². The quantitative estimate of drug-likeness (QED) is 0.854. The monoisotopic (exact) mass is 277 g/mol. The summed E-state index contributed by atoms with van der Waals surface area (Å²) >= 11 is 0. The summed E-state index contributed by atoms with van der Waals surface area (Å²) < 4.78 is 0. The molecule has 3 N–H and O–H groups in total. The molecule has 2 amide bonds. The van der Waals surface area contributed by atoms with Gasteiger partial charge in [-0.25, -0.2) is 9.59 Å². The number of benzene rings is 1. The number of nitrogens with zero attached hydrogens (tertiary/aromatic N) is 2. The van der Waals surface area contributed by atoms with Crippen LogP contribution in [0, 0.1) is 0 Å². The van der Waals surface area contributed by atoms with Gasteiger partial charge in [0.05, 0.1) is 11.3 Å². The van der Waals surface area contributed by atoms with Gasteiger partial charge in [0.2, 0.25) is 0 Å². The van der Waals surface area contributed by atoms with Crippen molar-refractivity contribution >= 4 is 17.7 Å². The van der Waals surface area contributed by atoms with Crippen LogP contribution in [0.25, 0.3) is 0 Å². The van der Waals surface area contributed by atoms with Gasteiger partial charge in [-0.1, -0.05) is 12.1 Å². The molecule has 2 rings (SSSR count). The molecule has 1 aromatic rings. The van der Waals surface area contributed by atoms with Crippen molar-refractivity contribution in [3.05, 3.63) is 29.8 Å². The van der Waals surface area contributed by atoms with E-state index in [1.165, 1.54) is 11.0 Å². The molecule has 1 heterocycles. The van der Waals surface area contributed by atoms with Crippen molar-refractivity contribution in [1.82, 2.24) is 4.90 Å². The largest absolute Gasteiger partial charge is 0.478 e. The van der Waals surface area contributed by atoms with Crippen LogP contribution in [-0.2, 0) is 0 Å². The molecule has 0 aromatic heterocycles. The predicted octanol–water partition coefficient (Wildman–Crippen LogP) is 1.36. The van der Waals surface area contributed by atoms with Crippen molar-refractivity contribution in [2.45, 2.75) is 18.9 Å². The number of hydrogen-bond acceptors (Lipinski definition) is 3. The zero-order chi connectivity index (χ0) is 14.7. The topological polar surface area (TPSA) is 86.9 Å². The number of amides is 2. The third-order valence-electron chi connectivity index (χ3n) is 3.51. The smallest absolute Gasteiger partial charge is 0.337 e. The van der Waals surface area contributed by atoms with Gasteiger partial charge in [0.1, 0.15) is 0 Å². The highest BCUT2D eigenvalue weighted by Gasteiger charge is 2.26. The number of carbonyl (C=O) groups is 2. The highest BCUT2D eigenvalue weighted by atomic mass is 16.4. The van der Waals surface area contributed by atoms with Crippen molar-refractivity contribution < 1.29 is 14.7 Å². The van der Waals surface area contributed by atoms with E-state index in [0.29, 0.717) is 18.8 Å². The Balaban J connectivity index is 2.20. The number of carbonyl (C=O) groups excluding carboxylic acids is 1. The molecule has 1 aromatic carbocycles. The lowest BCUT2D eigenvalue weighted by atomic mass is 10.1. The van der Waals surface area contributed by atoms with Crippen LogP contribution in [-0.4, -0.2) is 48.2 Å². The summed E-state index contributed by atoms with van der Waals surface area (Å²) in [7, 11) is 1.59. The SMILES string of the molecule is CN(C(=O)N1CCCC(N)C1)c1ccccc1C(=O)O. The third-order valence-corrected chi connectivity index (χ3v) is 3.51. The van der Waals surface area contributed by atoms with Gasteiger partial charge in [0.25, 0.3) is 0 Å². The molecule has 0 spiro atoms. The lowest BCUT2D eigenvalue weighted by Crippen LogP contribution is -2.50. The Kier molecular flexibility index (Phi) is 4.24. The van der Waals surface area contributed by atoms with Gasteiger partial charge in [-0.3, -0.25) is 4.90 Å². The van der Waals surface area contributed by atoms with Crippen LogP contribution in [0.3, 0.4) is 0 Å². The van der Waals surface area contributed by atoms with Gasteiger partial charge in [-0.2, -0.15) is 0 Å². The maximum atomic E-state index is 12.4. The molecule has 0 saturated carbocycles. The number of carboxylic acids is 1. The van der Waals surface area contributed by atoms with E-state index >= 15 is 0 Å². The predicted molar refractivity (Wildman–Crippen MR) is 76.0 cm³/mol. The molecular weight excluding hydrogens is 258 g/mol. The molecule has 1 atom stereocenters. The first-order chi connectivity index (χ1) is 9.50. The summed E-state index contributed by atoms with van der Waals surface area (Å²) in [5.41, 5.74) is 6.38. The van der Waals surface area contributed by atoms with Crippen LogP contribution in [0.2, 0.25) is 0 Å². The second kappa shape index (κ2) is 5.92. The fraction of sp³-hybridized carbons (Fsp3) is 0.429. The average molecular weight is 277 g/mol. The van der Waals surface area contributed by atoms with E-state index in [2.05, 4.69) is 0 Å². The number of carboxylic acid groups (broad SMARTS) is 1. The summed E-state index contributed by atoms with van der Waals surface area (Å²) in [4.78, 5) is 26.7. The van der Waals surface area contributed by atoms with E-state index in [1.54, 1.807) is 30.1 Å². The molecule has 0 aliphatic carbocycles. The number of urea groups is 1. The number of likely N-dealkylation sites (tertiary alicyclic amines) is 1. The Hall–Kier alpha value is -2.08. The second-order valence-electron chi connectivity index (χ2n) is 5.01. The van der Waals surface area contributed by atoms with Crippen LogP contribution in [0.5, 0.6) is 0 Å². The van der Waals surface area contributed by atoms with Gasteiger partial charge in [0, 0.05) is 26.2 Å². The highest BCUT2D eigenvalue weighted by Crippen LogP contribution is 2.21. The summed E-state index contributed by atoms with van der Waals surface area (Å²) in [6.45, 7) is 1.17. The number of piperidine rings is 1. The van der Waals surface area contributed by atoms with E-state index < -0.39 is 5.97 Å². The molecule has 108 valence electrons. The molecule has 6 heteroatoms. The Bertz CT molecular complexity index is 518. The molecule has 1 unspecified atom stereocenters. The average Bonchev–Trinajstić information content (AvgIpc) is 2.45. The molecule has 6 nitrogen and oxygen atoms in total. The van der Waals surface area contributed by atoms with E-state index in [1.807, 2.05) is 0 Å². The minimum atomic E-state index is -1.05. The summed E-state index contributed by atoms with van der Waals surface area (Å²) in [6.07, 6.45) is 1.79.